The maximum absolute atomic E-state index is 13.2. The smallest absolute Gasteiger partial charge is 0.129 e. The Labute approximate surface area is 82.9 Å². The van der Waals surface area contributed by atoms with E-state index in [1.165, 1.54) is 12.1 Å². The van der Waals surface area contributed by atoms with Crippen molar-refractivity contribution >= 4 is 0 Å². The highest BCUT2D eigenvalue weighted by Crippen LogP contribution is 2.15. The number of hydrogen-bond donors (Lipinski definition) is 1. The van der Waals surface area contributed by atoms with Gasteiger partial charge in [-0.1, -0.05) is 19.4 Å². The second-order valence-electron chi connectivity index (χ2n) is 3.45. The predicted octanol–water partition coefficient (Wildman–Crippen LogP) is 2.49. The molecule has 1 aromatic carbocycles. The fourth-order valence-electron chi connectivity index (χ4n) is 1.39. The second-order valence-corrected chi connectivity index (χ2v) is 3.45. The summed E-state index contributed by atoms with van der Waals surface area (Å²) in [4.78, 5) is 0. The maximum Gasteiger partial charge on any atom is 0.129 e. The van der Waals surface area contributed by atoms with Crippen LogP contribution >= 0.6 is 0 Å². The summed E-state index contributed by atoms with van der Waals surface area (Å²) < 4.78 is 25.8. The minimum atomic E-state index is -0.535. The zero-order valence-electron chi connectivity index (χ0n) is 8.26. The topological polar surface area (TPSA) is 26.0 Å². The van der Waals surface area contributed by atoms with Crippen LogP contribution in [0.4, 0.5) is 8.78 Å². The van der Waals surface area contributed by atoms with Crippen LogP contribution in [0.1, 0.15) is 18.9 Å². The molecule has 1 atom stereocenters. The molecule has 1 rings (SSSR count). The van der Waals surface area contributed by atoms with Crippen LogP contribution in [0.3, 0.4) is 0 Å². The zero-order valence-corrected chi connectivity index (χ0v) is 8.26. The summed E-state index contributed by atoms with van der Waals surface area (Å²) in [5.41, 5.74) is 6.06. The van der Waals surface area contributed by atoms with Gasteiger partial charge in [0.15, 0.2) is 0 Å². The third kappa shape index (κ3) is 2.77. The quantitative estimate of drug-likeness (QED) is 0.792. The van der Waals surface area contributed by atoms with E-state index in [-0.39, 0.29) is 5.92 Å². The largest absolute Gasteiger partial charge is 0.330 e. The highest BCUT2D eigenvalue weighted by molar-refractivity contribution is 5.19. The summed E-state index contributed by atoms with van der Waals surface area (Å²) in [6.45, 7) is 2.55. The van der Waals surface area contributed by atoms with Gasteiger partial charge in [-0.25, -0.2) is 8.78 Å². The number of benzene rings is 1. The molecule has 0 saturated carbocycles. The highest BCUT2D eigenvalue weighted by atomic mass is 19.1. The molecule has 0 heterocycles. The van der Waals surface area contributed by atoms with Gasteiger partial charge in [0, 0.05) is 6.07 Å². The van der Waals surface area contributed by atoms with Gasteiger partial charge >= 0.3 is 0 Å². The van der Waals surface area contributed by atoms with E-state index in [0.29, 0.717) is 18.5 Å². The molecule has 0 aliphatic heterocycles. The van der Waals surface area contributed by atoms with E-state index in [2.05, 4.69) is 0 Å². The van der Waals surface area contributed by atoms with Crippen molar-refractivity contribution in [3.05, 3.63) is 35.4 Å². The van der Waals surface area contributed by atoms with E-state index in [1.54, 1.807) is 0 Å². The molecule has 1 aromatic rings. The van der Waals surface area contributed by atoms with Crippen molar-refractivity contribution in [2.75, 3.05) is 6.54 Å². The van der Waals surface area contributed by atoms with Crippen LogP contribution in [0, 0.1) is 17.6 Å². The Balaban J connectivity index is 2.76. The lowest BCUT2D eigenvalue weighted by Crippen LogP contribution is -2.16. The molecule has 78 valence electrons. The number of halogens is 2. The first-order valence-corrected chi connectivity index (χ1v) is 4.81. The van der Waals surface area contributed by atoms with Crippen molar-refractivity contribution in [1.29, 1.82) is 0 Å². The molecule has 14 heavy (non-hydrogen) atoms. The summed E-state index contributed by atoms with van der Waals surface area (Å²) in [5, 5.41) is 0. The minimum absolute atomic E-state index is 0.273. The predicted molar refractivity (Wildman–Crippen MR) is 52.9 cm³/mol. The Morgan fingerprint density at radius 2 is 2.07 bits per heavy atom. The molecule has 1 nitrogen and oxygen atoms in total. The lowest BCUT2D eigenvalue weighted by atomic mass is 9.97. The van der Waals surface area contributed by atoms with Crippen molar-refractivity contribution < 1.29 is 8.78 Å². The molecule has 2 N–H and O–H groups in total. The van der Waals surface area contributed by atoms with Gasteiger partial charge in [0.2, 0.25) is 0 Å². The molecular formula is C11H15F2N. The first-order chi connectivity index (χ1) is 6.67. The Morgan fingerprint density at radius 1 is 1.36 bits per heavy atom. The number of hydrogen-bond acceptors (Lipinski definition) is 1. The van der Waals surface area contributed by atoms with E-state index >= 15 is 0 Å². The average Bonchev–Trinajstić information content (AvgIpc) is 2.17. The molecule has 0 amide bonds. The highest BCUT2D eigenvalue weighted by Gasteiger charge is 2.09. The lowest BCUT2D eigenvalue weighted by molar-refractivity contribution is 0.496. The van der Waals surface area contributed by atoms with Crippen molar-refractivity contribution in [1.82, 2.24) is 0 Å². The summed E-state index contributed by atoms with van der Waals surface area (Å²) in [6, 6.07) is 3.68. The summed E-state index contributed by atoms with van der Waals surface area (Å²) in [6.07, 6.45) is 1.49. The van der Waals surface area contributed by atoms with E-state index in [4.69, 9.17) is 5.73 Å². The first kappa shape index (κ1) is 11.1. The van der Waals surface area contributed by atoms with Gasteiger partial charge in [0.1, 0.15) is 11.6 Å². The molecule has 0 aliphatic rings. The third-order valence-corrected chi connectivity index (χ3v) is 2.43. The number of nitrogens with two attached hydrogens (primary N) is 1. The van der Waals surface area contributed by atoms with Gasteiger partial charge in [0.05, 0.1) is 0 Å². The maximum atomic E-state index is 13.2. The molecular weight excluding hydrogens is 184 g/mol. The number of rotatable bonds is 4. The Hall–Kier alpha value is -0.960. The van der Waals surface area contributed by atoms with Crippen LogP contribution in [0.25, 0.3) is 0 Å². The molecule has 0 radical (unpaired) electrons. The molecule has 0 fully saturated rings. The van der Waals surface area contributed by atoms with Crippen LogP contribution in [0.5, 0.6) is 0 Å². The van der Waals surface area contributed by atoms with Crippen molar-refractivity contribution in [3.8, 4) is 0 Å². The second kappa shape index (κ2) is 5.05. The fourth-order valence-corrected chi connectivity index (χ4v) is 1.39. The van der Waals surface area contributed by atoms with Crippen LogP contribution in [-0.2, 0) is 6.42 Å². The average molecular weight is 199 g/mol. The summed E-state index contributed by atoms with van der Waals surface area (Å²) >= 11 is 0. The Bertz CT molecular complexity index is 295. The fraction of sp³-hybridized carbons (Fsp3) is 0.455. The van der Waals surface area contributed by atoms with Crippen molar-refractivity contribution in [3.63, 3.8) is 0 Å². The van der Waals surface area contributed by atoms with Gasteiger partial charge in [-0.15, -0.1) is 0 Å². The Kier molecular flexibility index (Phi) is 4.01. The van der Waals surface area contributed by atoms with Gasteiger partial charge in [0.25, 0.3) is 0 Å². The van der Waals surface area contributed by atoms with Crippen LogP contribution in [0.2, 0.25) is 0 Å². The van der Waals surface area contributed by atoms with Gasteiger partial charge in [-0.2, -0.15) is 0 Å². The molecule has 0 saturated heterocycles. The normalized spacial score (nSPS) is 12.9. The molecule has 0 spiro atoms. The van der Waals surface area contributed by atoms with Gasteiger partial charge in [-0.05, 0) is 30.5 Å². The molecule has 0 aromatic heterocycles. The van der Waals surface area contributed by atoms with E-state index < -0.39 is 11.6 Å². The van der Waals surface area contributed by atoms with Crippen LogP contribution < -0.4 is 5.73 Å². The third-order valence-electron chi connectivity index (χ3n) is 2.43. The minimum Gasteiger partial charge on any atom is -0.330 e. The van der Waals surface area contributed by atoms with Crippen molar-refractivity contribution in [2.24, 2.45) is 11.7 Å². The van der Waals surface area contributed by atoms with E-state index in [1.807, 2.05) is 6.92 Å². The van der Waals surface area contributed by atoms with Gasteiger partial charge < -0.3 is 5.73 Å². The monoisotopic (exact) mass is 199 g/mol. The first-order valence-electron chi connectivity index (χ1n) is 4.81. The lowest BCUT2D eigenvalue weighted by Gasteiger charge is -2.12. The molecule has 0 unspecified atom stereocenters. The zero-order chi connectivity index (χ0) is 10.6. The van der Waals surface area contributed by atoms with Gasteiger partial charge in [-0.3, -0.25) is 0 Å². The molecule has 0 aliphatic carbocycles. The standard InChI is InChI=1S/C11H15F2N/c1-2-8(7-14)5-9-3-4-10(12)6-11(9)13/h3-4,6,8H,2,5,7,14H2,1H3/t8-/m0/s1. The van der Waals surface area contributed by atoms with E-state index in [0.717, 1.165) is 12.5 Å². The summed E-state index contributed by atoms with van der Waals surface area (Å²) in [5.74, 6) is -0.737. The van der Waals surface area contributed by atoms with Crippen molar-refractivity contribution in [2.45, 2.75) is 19.8 Å². The van der Waals surface area contributed by atoms with E-state index in [9.17, 15) is 8.78 Å². The van der Waals surface area contributed by atoms with Crippen LogP contribution in [-0.4, -0.2) is 6.54 Å². The molecule has 3 heteroatoms. The summed E-state index contributed by atoms with van der Waals surface area (Å²) in [7, 11) is 0. The SMILES string of the molecule is CC[C@H](CN)Cc1ccc(F)cc1F. The van der Waals surface area contributed by atoms with Crippen LogP contribution in [0.15, 0.2) is 18.2 Å². The Morgan fingerprint density at radius 3 is 2.57 bits per heavy atom. The molecule has 0 bridgehead atoms.